The second-order valence-electron chi connectivity index (χ2n) is 7.12. The third kappa shape index (κ3) is 8.83. The molecule has 1 aromatic carbocycles. The number of rotatable bonds is 4. The van der Waals surface area contributed by atoms with Gasteiger partial charge in [0.05, 0.1) is 0 Å². The van der Waals surface area contributed by atoms with Gasteiger partial charge in [0.25, 0.3) is 0 Å². The molecule has 0 bridgehead atoms. The van der Waals surface area contributed by atoms with Crippen molar-refractivity contribution in [3.8, 4) is 0 Å². The molecule has 4 heteroatoms. The molecule has 1 aliphatic carbocycles. The van der Waals surface area contributed by atoms with Gasteiger partial charge in [-0.3, -0.25) is 0 Å². The maximum Gasteiger partial charge on any atom is 0.168 e. The Labute approximate surface area is 174 Å². The highest BCUT2D eigenvalue weighted by Crippen LogP contribution is 2.30. The zero-order valence-corrected chi connectivity index (χ0v) is 20.4. The molecular weight excluding hydrogens is 407 g/mol. The molecule has 1 aromatic rings. The van der Waals surface area contributed by atoms with E-state index < -0.39 is 0 Å². The van der Waals surface area contributed by atoms with Gasteiger partial charge in [-0.25, -0.2) is 0 Å². The number of benzene rings is 1. The van der Waals surface area contributed by atoms with Crippen molar-refractivity contribution >= 4 is 31.5 Å². The number of aryl methyl sites for hydroxylation is 1. The van der Waals surface area contributed by atoms with E-state index in [-0.39, 0.29) is 22.8 Å². The molecule has 0 spiro atoms. The van der Waals surface area contributed by atoms with Gasteiger partial charge >= 0.3 is 0 Å². The van der Waals surface area contributed by atoms with Crippen LogP contribution in [0, 0.1) is 20.8 Å². The third-order valence-electron chi connectivity index (χ3n) is 5.28. The molecule has 0 saturated heterocycles. The van der Waals surface area contributed by atoms with Crippen molar-refractivity contribution in [1.29, 1.82) is 0 Å². The van der Waals surface area contributed by atoms with Crippen LogP contribution in [0.2, 0.25) is 0 Å². The molecule has 1 atom stereocenters. The maximum absolute atomic E-state index is 5.88. The molecule has 1 saturated carbocycles. The summed E-state index contributed by atoms with van der Waals surface area (Å²) in [5.74, 6) is -0.256. The smallest absolute Gasteiger partial charge is 0.168 e. The van der Waals surface area contributed by atoms with E-state index in [1.54, 1.807) is 0 Å². The van der Waals surface area contributed by atoms with Crippen molar-refractivity contribution in [3.05, 3.63) is 28.8 Å². The summed E-state index contributed by atoms with van der Waals surface area (Å²) in [6.45, 7) is 12.1. The van der Waals surface area contributed by atoms with Crippen molar-refractivity contribution in [2.45, 2.75) is 91.8 Å². The van der Waals surface area contributed by atoms with Crippen LogP contribution >= 0.6 is 26.2 Å². The predicted molar refractivity (Wildman–Crippen MR) is 123 cm³/mol. The zero-order chi connectivity index (χ0) is 18.7. The molecule has 0 radical (unpaired) electrons. The van der Waals surface area contributed by atoms with E-state index in [2.05, 4.69) is 56.0 Å². The monoisotopic (exact) mass is 446 g/mol. The molecule has 0 N–H and O–H groups in total. The number of hydrogen-bond acceptors (Lipinski definition) is 2. The summed E-state index contributed by atoms with van der Waals surface area (Å²) >= 11 is 0. The average molecular weight is 447 g/mol. The van der Waals surface area contributed by atoms with E-state index in [0.717, 1.165) is 26.1 Å². The quantitative estimate of drug-likeness (QED) is 0.383. The highest BCUT2D eigenvalue weighted by molar-refractivity contribution is 8.93. The van der Waals surface area contributed by atoms with Gasteiger partial charge in [0, 0.05) is 26.1 Å². The lowest BCUT2D eigenvalue weighted by Crippen LogP contribution is -2.36. The van der Waals surface area contributed by atoms with Gasteiger partial charge in [-0.2, -0.15) is 0 Å². The topological polar surface area (TPSA) is 18.5 Å². The van der Waals surface area contributed by atoms with Crippen molar-refractivity contribution < 1.29 is 9.47 Å². The molecular formula is C22H40BrO2P. The maximum atomic E-state index is 5.88. The minimum Gasteiger partial charge on any atom is -0.350 e. The van der Waals surface area contributed by atoms with Gasteiger partial charge in [0.1, 0.15) is 0 Å². The molecule has 152 valence electrons. The van der Waals surface area contributed by atoms with Crippen LogP contribution in [0.5, 0.6) is 0 Å². The lowest BCUT2D eigenvalue weighted by atomic mass is 10.0. The summed E-state index contributed by atoms with van der Waals surface area (Å²) in [6.07, 6.45) is 10.1. The first-order valence-electron chi connectivity index (χ1n) is 10.1. The molecule has 2 nitrogen and oxygen atoms in total. The lowest BCUT2D eigenvalue weighted by molar-refractivity contribution is -0.241. The Kier molecular flexibility index (Phi) is 14.1. The van der Waals surface area contributed by atoms with Crippen LogP contribution in [0.4, 0.5) is 0 Å². The number of ether oxygens (including phenoxy) is 2. The Morgan fingerprint density at radius 3 is 1.69 bits per heavy atom. The first-order valence-corrected chi connectivity index (χ1v) is 10.6. The molecule has 1 aliphatic rings. The Morgan fingerprint density at radius 2 is 1.27 bits per heavy atom. The van der Waals surface area contributed by atoms with E-state index in [1.165, 1.54) is 60.5 Å². The molecule has 0 aromatic heterocycles. The number of hydrogen-bond donors (Lipinski definition) is 0. The predicted octanol–water partition coefficient (Wildman–Crippen LogP) is 6.58. The summed E-state index contributed by atoms with van der Waals surface area (Å²) in [6, 6.07) is 4.30. The van der Waals surface area contributed by atoms with E-state index in [4.69, 9.17) is 9.47 Å². The van der Waals surface area contributed by atoms with Gasteiger partial charge < -0.3 is 9.47 Å². The molecule has 1 unspecified atom stereocenters. The minimum atomic E-state index is -0.256. The van der Waals surface area contributed by atoms with Crippen LogP contribution < -0.4 is 5.30 Å². The van der Waals surface area contributed by atoms with Gasteiger partial charge in [0.15, 0.2) is 5.79 Å². The van der Waals surface area contributed by atoms with Crippen LogP contribution in [0.15, 0.2) is 12.1 Å². The second-order valence-corrected chi connectivity index (χ2v) is 7.74. The standard InChI is InChI=1S/C13H26O2.C9H13P.BrH/c1-3-14-13(15-4-2)11-9-7-5-6-8-10-12-13;1-6-4-5-9(10)8(3)7(6)2;/h3-12H2,1-2H3;4-5H,10H2,1-3H3;1H. The number of halogens is 1. The van der Waals surface area contributed by atoms with E-state index >= 15 is 0 Å². The van der Waals surface area contributed by atoms with Crippen molar-refractivity contribution in [3.63, 3.8) is 0 Å². The highest BCUT2D eigenvalue weighted by Gasteiger charge is 2.30. The molecule has 2 rings (SSSR count). The van der Waals surface area contributed by atoms with Gasteiger partial charge in [0.2, 0.25) is 0 Å². The zero-order valence-electron chi connectivity index (χ0n) is 17.5. The van der Waals surface area contributed by atoms with Crippen LogP contribution in [0.3, 0.4) is 0 Å². The van der Waals surface area contributed by atoms with Crippen molar-refractivity contribution in [1.82, 2.24) is 0 Å². The third-order valence-corrected chi connectivity index (χ3v) is 5.91. The second kappa shape index (κ2) is 14.1. The summed E-state index contributed by atoms with van der Waals surface area (Å²) in [4.78, 5) is 0. The summed E-state index contributed by atoms with van der Waals surface area (Å²) in [7, 11) is 2.74. The summed E-state index contributed by atoms with van der Waals surface area (Å²) < 4.78 is 11.8. The normalized spacial score (nSPS) is 17.0. The SMILES string of the molecule is Br.CCOC1(OCC)CCCCCCCC1.Cc1ccc(P)c(C)c1C. The molecule has 0 aliphatic heterocycles. The van der Waals surface area contributed by atoms with Crippen molar-refractivity contribution in [2.75, 3.05) is 13.2 Å². The van der Waals surface area contributed by atoms with Crippen LogP contribution in [0.25, 0.3) is 0 Å². The van der Waals surface area contributed by atoms with Gasteiger partial charge in [-0.15, -0.1) is 26.2 Å². The molecule has 1 fully saturated rings. The van der Waals surface area contributed by atoms with E-state index in [9.17, 15) is 0 Å². The van der Waals surface area contributed by atoms with Crippen LogP contribution in [0.1, 0.15) is 81.9 Å². The first kappa shape index (κ1) is 26.1. The Bertz CT molecular complexity index is 460. The average Bonchev–Trinajstić information content (AvgIpc) is 2.70. The molecule has 0 amide bonds. The van der Waals surface area contributed by atoms with Gasteiger partial charge in [-0.1, -0.05) is 37.8 Å². The first-order chi connectivity index (χ1) is 12.0. The molecule has 0 heterocycles. The Hall–Kier alpha value is 0.0500. The molecule has 26 heavy (non-hydrogen) atoms. The summed E-state index contributed by atoms with van der Waals surface area (Å²) in [5, 5.41) is 1.31. The van der Waals surface area contributed by atoms with Gasteiger partial charge in [-0.05, 0) is 69.5 Å². The van der Waals surface area contributed by atoms with Crippen molar-refractivity contribution in [2.24, 2.45) is 0 Å². The van der Waals surface area contributed by atoms with E-state index in [1.807, 2.05) is 0 Å². The van der Waals surface area contributed by atoms with Crippen LogP contribution in [-0.2, 0) is 9.47 Å². The fourth-order valence-corrected chi connectivity index (χ4v) is 3.77. The highest BCUT2D eigenvalue weighted by atomic mass is 79.9. The Morgan fingerprint density at radius 1 is 0.808 bits per heavy atom. The lowest BCUT2D eigenvalue weighted by Gasteiger charge is -2.33. The summed E-state index contributed by atoms with van der Waals surface area (Å²) in [5.41, 5.74) is 4.18. The van der Waals surface area contributed by atoms with Crippen LogP contribution in [-0.4, -0.2) is 19.0 Å². The van der Waals surface area contributed by atoms with E-state index in [0.29, 0.717) is 0 Å². The largest absolute Gasteiger partial charge is 0.350 e. The Balaban J connectivity index is 0.000000497. The fourth-order valence-electron chi connectivity index (χ4n) is 3.45. The minimum absolute atomic E-state index is 0. The fraction of sp³-hybridized carbons (Fsp3) is 0.727.